The lowest BCUT2D eigenvalue weighted by atomic mass is 10.1. The predicted molar refractivity (Wildman–Crippen MR) is 150 cm³/mol. The van der Waals surface area contributed by atoms with Gasteiger partial charge in [0.2, 0.25) is 0 Å². The molecule has 3 aromatic carbocycles. The van der Waals surface area contributed by atoms with Gasteiger partial charge in [0.05, 0.1) is 24.9 Å². The highest BCUT2D eigenvalue weighted by atomic mass is 127. The van der Waals surface area contributed by atoms with Gasteiger partial charge in [-0.2, -0.15) is 0 Å². The van der Waals surface area contributed by atoms with E-state index in [9.17, 15) is 19.5 Å². The molecular formula is C25H15Cl2IN2O5S. The largest absolute Gasteiger partial charge is 0.488 e. The number of carboxylic acids is 1. The molecule has 0 bridgehead atoms. The van der Waals surface area contributed by atoms with Crippen molar-refractivity contribution in [2.24, 2.45) is 0 Å². The molecule has 0 aromatic heterocycles. The van der Waals surface area contributed by atoms with Gasteiger partial charge in [0.1, 0.15) is 17.9 Å². The average molecular weight is 653 g/mol. The molecule has 0 atom stereocenters. The second kappa shape index (κ2) is 11.0. The minimum atomic E-state index is -1.15. The van der Waals surface area contributed by atoms with E-state index in [-0.39, 0.29) is 28.5 Å². The van der Waals surface area contributed by atoms with Gasteiger partial charge in [0.15, 0.2) is 5.11 Å². The molecule has 1 aliphatic rings. The number of benzene rings is 3. The van der Waals surface area contributed by atoms with Gasteiger partial charge in [-0.15, -0.1) is 0 Å². The topological polar surface area (TPSA) is 95.9 Å². The highest BCUT2D eigenvalue weighted by Gasteiger charge is 2.34. The fourth-order valence-corrected chi connectivity index (χ4v) is 4.65. The second-order valence-corrected chi connectivity index (χ2v) is 9.90. The van der Waals surface area contributed by atoms with Gasteiger partial charge in [-0.25, -0.2) is 4.79 Å². The number of nitrogens with zero attached hydrogens (tertiary/aromatic N) is 1. The zero-order valence-electron chi connectivity index (χ0n) is 18.1. The van der Waals surface area contributed by atoms with Crippen LogP contribution >= 0.6 is 58.0 Å². The summed E-state index contributed by atoms with van der Waals surface area (Å²) in [7, 11) is 0. The lowest BCUT2D eigenvalue weighted by Gasteiger charge is -2.29. The van der Waals surface area contributed by atoms with Crippen LogP contribution in [0.15, 0.2) is 66.2 Å². The zero-order chi connectivity index (χ0) is 26.0. The summed E-state index contributed by atoms with van der Waals surface area (Å²) >= 11 is 19.3. The molecule has 3 aromatic rings. The molecule has 1 saturated heterocycles. The quantitative estimate of drug-likeness (QED) is 0.153. The first-order valence-electron chi connectivity index (χ1n) is 10.2. The van der Waals surface area contributed by atoms with Crippen molar-refractivity contribution in [3.8, 4) is 5.75 Å². The van der Waals surface area contributed by atoms with Gasteiger partial charge in [-0.3, -0.25) is 19.8 Å². The number of hydrogen-bond acceptors (Lipinski definition) is 5. The summed E-state index contributed by atoms with van der Waals surface area (Å²) in [5.74, 6) is -1.86. The Morgan fingerprint density at radius 1 is 1.08 bits per heavy atom. The maximum absolute atomic E-state index is 13.2. The Bertz CT molecular complexity index is 1460. The molecule has 11 heteroatoms. The second-order valence-electron chi connectivity index (χ2n) is 7.54. The molecule has 2 N–H and O–H groups in total. The van der Waals surface area contributed by atoms with Crippen molar-refractivity contribution in [1.29, 1.82) is 0 Å². The van der Waals surface area contributed by atoms with Crippen LogP contribution in [-0.2, 0) is 16.2 Å². The zero-order valence-corrected chi connectivity index (χ0v) is 22.6. The van der Waals surface area contributed by atoms with E-state index in [1.54, 1.807) is 30.3 Å². The molecule has 0 unspecified atom stereocenters. The summed E-state index contributed by atoms with van der Waals surface area (Å²) in [4.78, 5) is 38.2. The van der Waals surface area contributed by atoms with Crippen LogP contribution in [0.4, 0.5) is 5.69 Å². The monoisotopic (exact) mass is 652 g/mol. The molecule has 1 aliphatic heterocycles. The maximum atomic E-state index is 13.2. The molecular weight excluding hydrogens is 638 g/mol. The smallest absolute Gasteiger partial charge is 0.335 e. The number of nitrogens with one attached hydrogen (secondary N) is 1. The molecule has 36 heavy (non-hydrogen) atoms. The molecule has 7 nitrogen and oxygen atoms in total. The molecule has 1 heterocycles. The first-order chi connectivity index (χ1) is 17.1. The van der Waals surface area contributed by atoms with E-state index in [1.807, 2.05) is 6.07 Å². The number of aromatic carboxylic acids is 1. The molecule has 0 aliphatic carbocycles. The van der Waals surface area contributed by atoms with Crippen LogP contribution in [-0.4, -0.2) is 28.0 Å². The van der Waals surface area contributed by atoms with Crippen LogP contribution in [0, 0.1) is 3.57 Å². The third-order valence-corrected chi connectivity index (χ3v) is 6.96. The number of hydrogen-bond donors (Lipinski definition) is 2. The van der Waals surface area contributed by atoms with E-state index in [1.165, 1.54) is 30.3 Å². The summed E-state index contributed by atoms with van der Waals surface area (Å²) < 4.78 is 6.63. The number of carboxylic acid groups (broad SMARTS) is 1. The number of halogens is 3. The van der Waals surface area contributed by atoms with Gasteiger partial charge in [-0.1, -0.05) is 41.4 Å². The number of carbonyl (C=O) groups is 3. The third kappa shape index (κ3) is 5.70. The summed E-state index contributed by atoms with van der Waals surface area (Å²) in [5, 5.41) is 12.5. The van der Waals surface area contributed by atoms with Crippen molar-refractivity contribution < 1.29 is 24.2 Å². The number of thiocarbonyl (C=S) groups is 1. The molecule has 2 amide bonds. The minimum Gasteiger partial charge on any atom is -0.488 e. The van der Waals surface area contributed by atoms with Crippen molar-refractivity contribution in [1.82, 2.24) is 5.32 Å². The summed E-state index contributed by atoms with van der Waals surface area (Å²) in [6.07, 6.45) is 1.44. The first kappa shape index (κ1) is 26.1. The molecule has 182 valence electrons. The maximum Gasteiger partial charge on any atom is 0.335 e. The average Bonchev–Trinajstić information content (AvgIpc) is 2.83. The van der Waals surface area contributed by atoms with Crippen molar-refractivity contribution in [2.75, 3.05) is 4.90 Å². The summed E-state index contributed by atoms with van der Waals surface area (Å²) in [6.45, 7) is 0.274. The Hall–Kier alpha value is -2.99. The van der Waals surface area contributed by atoms with Crippen LogP contribution < -0.4 is 15.0 Å². The van der Waals surface area contributed by atoms with Crippen LogP contribution in [0.25, 0.3) is 6.08 Å². The van der Waals surface area contributed by atoms with Crippen molar-refractivity contribution in [3.05, 3.63) is 96.5 Å². The molecule has 0 spiro atoms. The van der Waals surface area contributed by atoms with Crippen LogP contribution in [0.1, 0.15) is 21.5 Å². The lowest BCUT2D eigenvalue weighted by Crippen LogP contribution is -2.54. The van der Waals surface area contributed by atoms with E-state index in [0.29, 0.717) is 21.4 Å². The highest BCUT2D eigenvalue weighted by Crippen LogP contribution is 2.28. The standard InChI is InChI=1S/C25H15Cl2IN2O5S/c26-18-6-4-14(9-19(18)27)12-35-21-7-5-13(10-20(21)28)8-17-22(31)29-25(36)30(23(17)32)16-3-1-2-15(11-16)24(33)34/h1-11H,12H2,(H,33,34)(H,29,31,36). The van der Waals surface area contributed by atoms with E-state index in [0.717, 1.165) is 14.0 Å². The fourth-order valence-electron chi connectivity index (χ4n) is 3.35. The summed E-state index contributed by atoms with van der Waals surface area (Å²) in [6, 6.07) is 16.2. The number of anilines is 1. The summed E-state index contributed by atoms with van der Waals surface area (Å²) in [5.41, 5.74) is 1.50. The number of carbonyl (C=O) groups excluding carboxylic acids is 2. The third-order valence-electron chi connectivity index (χ3n) is 5.10. The van der Waals surface area contributed by atoms with E-state index >= 15 is 0 Å². The molecule has 4 rings (SSSR count). The number of amides is 2. The van der Waals surface area contributed by atoms with Crippen LogP contribution in [0.5, 0.6) is 5.75 Å². The van der Waals surface area contributed by atoms with Gasteiger partial charge in [0, 0.05) is 0 Å². The van der Waals surface area contributed by atoms with Crippen molar-refractivity contribution >= 4 is 92.7 Å². The van der Waals surface area contributed by atoms with Crippen molar-refractivity contribution in [3.63, 3.8) is 0 Å². The number of rotatable bonds is 6. The van der Waals surface area contributed by atoms with E-state index in [2.05, 4.69) is 27.9 Å². The SMILES string of the molecule is O=C1NC(=S)N(c2cccc(C(=O)O)c2)C(=O)C1=Cc1ccc(OCc2ccc(Cl)c(Cl)c2)c(I)c1. The molecule has 1 fully saturated rings. The van der Waals surface area contributed by atoms with Gasteiger partial charge < -0.3 is 9.84 Å². The Morgan fingerprint density at radius 2 is 1.86 bits per heavy atom. The van der Waals surface area contributed by atoms with Crippen molar-refractivity contribution in [2.45, 2.75) is 6.61 Å². The van der Waals surface area contributed by atoms with Gasteiger partial charge in [-0.05, 0) is 94.5 Å². The van der Waals surface area contributed by atoms with E-state index in [4.69, 9.17) is 40.2 Å². The predicted octanol–water partition coefficient (Wildman–Crippen LogP) is 5.71. The fraction of sp³-hybridized carbons (Fsp3) is 0.0400. The van der Waals surface area contributed by atoms with Gasteiger partial charge in [0.25, 0.3) is 11.8 Å². The molecule has 0 radical (unpaired) electrons. The Labute approximate surface area is 234 Å². The first-order valence-corrected chi connectivity index (χ1v) is 12.5. The Kier molecular flexibility index (Phi) is 7.94. The van der Waals surface area contributed by atoms with Crippen LogP contribution in [0.2, 0.25) is 10.0 Å². The van der Waals surface area contributed by atoms with Crippen LogP contribution in [0.3, 0.4) is 0 Å². The Morgan fingerprint density at radius 3 is 2.56 bits per heavy atom. The normalized spacial score (nSPS) is 14.7. The minimum absolute atomic E-state index is 0.0171. The Balaban J connectivity index is 1.57. The highest BCUT2D eigenvalue weighted by molar-refractivity contribution is 14.1. The molecule has 0 saturated carbocycles. The number of ether oxygens (including phenoxy) is 1. The van der Waals surface area contributed by atoms with Gasteiger partial charge >= 0.3 is 5.97 Å². The lowest BCUT2D eigenvalue weighted by molar-refractivity contribution is -0.122. The van der Waals surface area contributed by atoms with E-state index < -0.39 is 17.8 Å².